The molecule has 1 heterocycles. The number of aryl methyl sites for hydroxylation is 2. The summed E-state index contributed by atoms with van der Waals surface area (Å²) in [5.41, 5.74) is 2.61. The van der Waals surface area contributed by atoms with Gasteiger partial charge in [-0.3, -0.25) is 4.31 Å². The van der Waals surface area contributed by atoms with Gasteiger partial charge in [0.2, 0.25) is 20.0 Å². The van der Waals surface area contributed by atoms with Gasteiger partial charge in [-0.15, -0.1) is 0 Å². The van der Waals surface area contributed by atoms with Gasteiger partial charge in [-0.05, 0) is 68.0 Å². The summed E-state index contributed by atoms with van der Waals surface area (Å²) in [7, 11) is -5.51. The molecule has 0 unspecified atom stereocenters. The Labute approximate surface area is 179 Å². The van der Waals surface area contributed by atoms with Gasteiger partial charge in [-0.25, -0.2) is 21.6 Å². The average molecular weight is 453 g/mol. The number of para-hydroxylation sites is 1. The molecule has 1 aliphatic rings. The van der Waals surface area contributed by atoms with E-state index >= 15 is 0 Å². The molecular weight excluding hydrogens is 424 g/mol. The van der Waals surface area contributed by atoms with Crippen LogP contribution in [0.15, 0.2) is 41.3 Å². The van der Waals surface area contributed by atoms with Gasteiger partial charge in [-0.2, -0.15) is 0 Å². The van der Waals surface area contributed by atoms with Crippen molar-refractivity contribution in [1.29, 1.82) is 0 Å². The van der Waals surface area contributed by atoms with Gasteiger partial charge in [0.15, 0.2) is 0 Å². The topological polar surface area (TPSA) is 92.8 Å². The Morgan fingerprint density at radius 2 is 1.83 bits per heavy atom. The van der Waals surface area contributed by atoms with E-state index in [0.717, 1.165) is 17.7 Å². The standard InChI is InChI=1S/C21H28N2O5S2/c1-16-15-21(17(2)14-19(16)23-12-6-7-13-29(23,24)25)30(26,27)22-11-10-18-8-4-5-9-20(18)28-3/h4-5,8-9,14-15,22H,6-7,10-13H2,1-3H3. The SMILES string of the molecule is COc1ccccc1CCNS(=O)(=O)c1cc(C)c(N2CCCCS2(=O)=O)cc1C. The lowest BCUT2D eigenvalue weighted by molar-refractivity contribution is 0.409. The predicted octanol–water partition coefficient (Wildman–Crippen LogP) is 2.76. The van der Waals surface area contributed by atoms with E-state index in [1.165, 1.54) is 4.31 Å². The molecule has 0 atom stereocenters. The zero-order valence-corrected chi connectivity index (χ0v) is 19.1. The van der Waals surface area contributed by atoms with Crippen LogP contribution in [0.3, 0.4) is 0 Å². The monoisotopic (exact) mass is 452 g/mol. The van der Waals surface area contributed by atoms with E-state index in [9.17, 15) is 16.8 Å². The number of nitrogens with zero attached hydrogens (tertiary/aromatic N) is 1. The highest BCUT2D eigenvalue weighted by Gasteiger charge is 2.28. The van der Waals surface area contributed by atoms with Crippen LogP contribution < -0.4 is 13.8 Å². The van der Waals surface area contributed by atoms with Crippen molar-refractivity contribution in [3.63, 3.8) is 0 Å². The number of sulfonamides is 2. The second-order valence-electron chi connectivity index (χ2n) is 7.46. The van der Waals surface area contributed by atoms with Gasteiger partial charge in [0.05, 0.1) is 23.4 Å². The van der Waals surface area contributed by atoms with Crippen LogP contribution in [-0.4, -0.2) is 42.8 Å². The lowest BCUT2D eigenvalue weighted by atomic mass is 10.1. The maximum Gasteiger partial charge on any atom is 0.240 e. The van der Waals surface area contributed by atoms with Crippen LogP contribution in [0.4, 0.5) is 5.69 Å². The maximum atomic E-state index is 12.9. The van der Waals surface area contributed by atoms with E-state index in [0.29, 0.717) is 36.2 Å². The van der Waals surface area contributed by atoms with E-state index in [2.05, 4.69) is 4.72 Å². The molecule has 1 saturated heterocycles. The fourth-order valence-electron chi connectivity index (χ4n) is 3.70. The summed E-state index contributed by atoms with van der Waals surface area (Å²) < 4.78 is 60.0. The zero-order valence-electron chi connectivity index (χ0n) is 17.5. The predicted molar refractivity (Wildman–Crippen MR) is 118 cm³/mol. The Balaban J connectivity index is 1.80. The third-order valence-electron chi connectivity index (χ3n) is 5.28. The van der Waals surface area contributed by atoms with Crippen LogP contribution >= 0.6 is 0 Å². The lowest BCUT2D eigenvalue weighted by Crippen LogP contribution is -2.38. The molecule has 0 amide bonds. The molecule has 0 aliphatic carbocycles. The van der Waals surface area contributed by atoms with Crippen molar-refractivity contribution < 1.29 is 21.6 Å². The van der Waals surface area contributed by atoms with E-state index in [4.69, 9.17) is 4.74 Å². The Hall–Kier alpha value is -2.10. The normalized spacial score (nSPS) is 16.4. The molecule has 30 heavy (non-hydrogen) atoms. The maximum absolute atomic E-state index is 12.9. The van der Waals surface area contributed by atoms with Crippen molar-refractivity contribution in [3.05, 3.63) is 53.1 Å². The summed E-state index contributed by atoms with van der Waals surface area (Å²) >= 11 is 0. The number of benzene rings is 2. The molecule has 1 fully saturated rings. The van der Waals surface area contributed by atoms with Gasteiger partial charge in [-0.1, -0.05) is 18.2 Å². The number of anilines is 1. The summed E-state index contributed by atoms with van der Waals surface area (Å²) in [5.74, 6) is 0.839. The first-order valence-corrected chi connectivity index (χ1v) is 13.0. The van der Waals surface area contributed by atoms with Gasteiger partial charge >= 0.3 is 0 Å². The van der Waals surface area contributed by atoms with E-state index in [1.54, 1.807) is 33.1 Å². The Morgan fingerprint density at radius 3 is 2.53 bits per heavy atom. The van der Waals surface area contributed by atoms with Crippen molar-refractivity contribution >= 4 is 25.7 Å². The number of methoxy groups -OCH3 is 1. The molecule has 0 spiro atoms. The van der Waals surface area contributed by atoms with Gasteiger partial charge < -0.3 is 4.74 Å². The molecule has 7 nitrogen and oxygen atoms in total. The van der Waals surface area contributed by atoms with Gasteiger partial charge in [0.25, 0.3) is 0 Å². The first kappa shape index (κ1) is 22.6. The fraction of sp³-hybridized carbons (Fsp3) is 0.429. The van der Waals surface area contributed by atoms with E-state index in [1.807, 2.05) is 24.3 Å². The minimum absolute atomic E-state index is 0.121. The molecule has 0 aromatic heterocycles. The fourth-order valence-corrected chi connectivity index (χ4v) is 6.73. The lowest BCUT2D eigenvalue weighted by Gasteiger charge is -2.30. The van der Waals surface area contributed by atoms with E-state index in [-0.39, 0.29) is 17.2 Å². The van der Waals surface area contributed by atoms with Crippen molar-refractivity contribution in [2.24, 2.45) is 0 Å². The quantitative estimate of drug-likeness (QED) is 0.697. The summed E-state index contributed by atoms with van der Waals surface area (Å²) in [6.45, 7) is 4.08. The Kier molecular flexibility index (Phi) is 6.74. The molecule has 164 valence electrons. The molecule has 3 rings (SSSR count). The van der Waals surface area contributed by atoms with Crippen LogP contribution in [0.25, 0.3) is 0 Å². The highest BCUT2D eigenvalue weighted by atomic mass is 32.2. The molecule has 0 radical (unpaired) electrons. The van der Waals surface area contributed by atoms with Crippen LogP contribution in [0, 0.1) is 13.8 Å². The number of hydrogen-bond acceptors (Lipinski definition) is 5. The van der Waals surface area contributed by atoms with Crippen LogP contribution in [0.5, 0.6) is 5.75 Å². The van der Waals surface area contributed by atoms with Gasteiger partial charge in [0, 0.05) is 13.1 Å². The van der Waals surface area contributed by atoms with Gasteiger partial charge in [0.1, 0.15) is 5.75 Å². The van der Waals surface area contributed by atoms with Crippen LogP contribution in [0.1, 0.15) is 29.5 Å². The highest BCUT2D eigenvalue weighted by Crippen LogP contribution is 2.31. The minimum atomic E-state index is -3.74. The summed E-state index contributed by atoms with van der Waals surface area (Å²) in [4.78, 5) is 0.165. The largest absolute Gasteiger partial charge is 0.496 e. The number of hydrogen-bond donors (Lipinski definition) is 1. The smallest absolute Gasteiger partial charge is 0.240 e. The Bertz CT molecular complexity index is 1130. The molecular formula is C21H28N2O5S2. The van der Waals surface area contributed by atoms with Crippen molar-refractivity contribution in [2.45, 2.75) is 38.0 Å². The summed E-state index contributed by atoms with van der Waals surface area (Å²) in [5, 5.41) is 0. The molecule has 9 heteroatoms. The second kappa shape index (κ2) is 8.95. The second-order valence-corrected chi connectivity index (χ2v) is 11.2. The molecule has 1 aliphatic heterocycles. The molecule has 0 saturated carbocycles. The molecule has 1 N–H and O–H groups in total. The number of rotatable bonds is 7. The third-order valence-corrected chi connectivity index (χ3v) is 8.74. The molecule has 0 bridgehead atoms. The Morgan fingerprint density at radius 1 is 1.10 bits per heavy atom. The van der Waals surface area contributed by atoms with E-state index < -0.39 is 20.0 Å². The summed E-state index contributed by atoms with van der Waals surface area (Å²) in [6.07, 6.45) is 1.94. The summed E-state index contributed by atoms with van der Waals surface area (Å²) in [6, 6.07) is 10.7. The van der Waals surface area contributed by atoms with Crippen LogP contribution in [0.2, 0.25) is 0 Å². The first-order chi connectivity index (χ1) is 14.2. The number of nitrogens with one attached hydrogen (secondary N) is 1. The zero-order chi connectivity index (χ0) is 21.9. The minimum Gasteiger partial charge on any atom is -0.496 e. The highest BCUT2D eigenvalue weighted by molar-refractivity contribution is 7.92. The average Bonchev–Trinajstić information content (AvgIpc) is 2.69. The molecule has 2 aromatic rings. The van der Waals surface area contributed by atoms with Crippen molar-refractivity contribution in [1.82, 2.24) is 4.72 Å². The first-order valence-electron chi connectivity index (χ1n) is 9.89. The van der Waals surface area contributed by atoms with Crippen molar-refractivity contribution in [3.8, 4) is 5.75 Å². The number of ether oxygens (including phenoxy) is 1. The third kappa shape index (κ3) is 4.79. The van der Waals surface area contributed by atoms with Crippen LogP contribution in [-0.2, 0) is 26.5 Å². The van der Waals surface area contributed by atoms with Crippen molar-refractivity contribution in [2.75, 3.05) is 30.3 Å². The molecule has 2 aromatic carbocycles.